The van der Waals surface area contributed by atoms with E-state index >= 15 is 0 Å². The van der Waals surface area contributed by atoms with E-state index in [0.717, 1.165) is 16.9 Å². The highest BCUT2D eigenvalue weighted by molar-refractivity contribution is 5.36. The summed E-state index contributed by atoms with van der Waals surface area (Å²) in [7, 11) is 0. The van der Waals surface area contributed by atoms with Gasteiger partial charge in [-0.1, -0.05) is 12.1 Å². The van der Waals surface area contributed by atoms with Crippen molar-refractivity contribution < 1.29 is 9.94 Å². The van der Waals surface area contributed by atoms with E-state index in [4.69, 9.17) is 9.94 Å². The summed E-state index contributed by atoms with van der Waals surface area (Å²) in [6, 6.07) is 5.87. The number of rotatable bonds is 4. The van der Waals surface area contributed by atoms with Crippen molar-refractivity contribution in [3.8, 4) is 5.75 Å². The van der Waals surface area contributed by atoms with Crippen LogP contribution in [0.5, 0.6) is 5.75 Å². The molecule has 0 aliphatic carbocycles. The normalized spacial score (nSPS) is 10.6. The maximum Gasteiger partial charge on any atom is 0.122 e. The van der Waals surface area contributed by atoms with Crippen LogP contribution in [0.15, 0.2) is 18.2 Å². The molecule has 0 aromatic heterocycles. The Morgan fingerprint density at radius 1 is 1.43 bits per heavy atom. The molecule has 0 amide bonds. The van der Waals surface area contributed by atoms with Crippen LogP contribution in [0.2, 0.25) is 0 Å². The molecule has 0 saturated heterocycles. The summed E-state index contributed by atoms with van der Waals surface area (Å²) in [4.78, 5) is 0. The zero-order valence-electron chi connectivity index (χ0n) is 8.87. The first-order valence-corrected chi connectivity index (χ1v) is 4.76. The second-order valence-electron chi connectivity index (χ2n) is 3.60. The maximum absolute atomic E-state index is 8.54. The molecule has 0 fully saturated rings. The lowest BCUT2D eigenvalue weighted by molar-refractivity contribution is 0.161. The Labute approximate surface area is 84.7 Å². The molecule has 0 aliphatic heterocycles. The number of aryl methyl sites for hydroxylation is 1. The second kappa shape index (κ2) is 4.98. The van der Waals surface area contributed by atoms with Gasteiger partial charge in [-0.15, -0.1) is 0 Å². The Balaban J connectivity index is 2.79. The molecule has 3 nitrogen and oxygen atoms in total. The monoisotopic (exact) mass is 195 g/mol. The number of hydroxylamine groups is 1. The van der Waals surface area contributed by atoms with Crippen molar-refractivity contribution in [1.82, 2.24) is 5.48 Å². The second-order valence-corrected chi connectivity index (χ2v) is 3.60. The van der Waals surface area contributed by atoms with Gasteiger partial charge in [0.1, 0.15) is 5.75 Å². The van der Waals surface area contributed by atoms with Gasteiger partial charge in [0.25, 0.3) is 0 Å². The number of ether oxygens (including phenoxy) is 1. The van der Waals surface area contributed by atoms with Gasteiger partial charge < -0.3 is 9.94 Å². The Hall–Kier alpha value is -1.06. The van der Waals surface area contributed by atoms with E-state index in [1.165, 1.54) is 0 Å². The molecule has 0 heterocycles. The zero-order chi connectivity index (χ0) is 10.6. The molecule has 1 aromatic carbocycles. The minimum atomic E-state index is 0.190. The summed E-state index contributed by atoms with van der Waals surface area (Å²) in [5.74, 6) is 0.904. The fourth-order valence-electron chi connectivity index (χ4n) is 1.30. The van der Waals surface area contributed by atoms with Crippen LogP contribution < -0.4 is 10.2 Å². The molecule has 1 rings (SSSR count). The van der Waals surface area contributed by atoms with Gasteiger partial charge in [0.2, 0.25) is 0 Å². The summed E-state index contributed by atoms with van der Waals surface area (Å²) in [6.07, 6.45) is 0.190. The highest BCUT2D eigenvalue weighted by Gasteiger charge is 2.02. The fourth-order valence-corrected chi connectivity index (χ4v) is 1.30. The van der Waals surface area contributed by atoms with Gasteiger partial charge in [-0.3, -0.25) is 0 Å². The number of hydrogen-bond acceptors (Lipinski definition) is 3. The van der Waals surface area contributed by atoms with Crippen molar-refractivity contribution in [2.45, 2.75) is 33.4 Å². The molecule has 1 aromatic rings. The molecule has 0 saturated carbocycles. The Morgan fingerprint density at radius 3 is 2.64 bits per heavy atom. The van der Waals surface area contributed by atoms with Crippen molar-refractivity contribution >= 4 is 0 Å². The van der Waals surface area contributed by atoms with Crippen LogP contribution >= 0.6 is 0 Å². The Bertz CT molecular complexity index is 297. The largest absolute Gasteiger partial charge is 0.491 e. The minimum Gasteiger partial charge on any atom is -0.491 e. The van der Waals surface area contributed by atoms with Crippen LogP contribution in [0.25, 0.3) is 0 Å². The van der Waals surface area contributed by atoms with Crippen LogP contribution in [0.4, 0.5) is 0 Å². The average Bonchev–Trinajstić information content (AvgIpc) is 2.10. The smallest absolute Gasteiger partial charge is 0.122 e. The van der Waals surface area contributed by atoms with E-state index in [0.29, 0.717) is 6.54 Å². The van der Waals surface area contributed by atoms with Crippen molar-refractivity contribution in [3.63, 3.8) is 0 Å². The Kier molecular flexibility index (Phi) is 3.92. The first kappa shape index (κ1) is 11.0. The fraction of sp³-hybridized carbons (Fsp3) is 0.455. The van der Waals surface area contributed by atoms with Gasteiger partial charge >= 0.3 is 0 Å². The zero-order valence-corrected chi connectivity index (χ0v) is 8.87. The molecule has 0 bridgehead atoms. The summed E-state index contributed by atoms with van der Waals surface area (Å²) in [6.45, 7) is 6.46. The summed E-state index contributed by atoms with van der Waals surface area (Å²) >= 11 is 0. The lowest BCUT2D eigenvalue weighted by Crippen LogP contribution is -2.08. The molecular weight excluding hydrogens is 178 g/mol. The van der Waals surface area contributed by atoms with E-state index < -0.39 is 0 Å². The van der Waals surface area contributed by atoms with Crippen molar-refractivity contribution in [3.05, 3.63) is 29.3 Å². The number of nitrogens with one attached hydrogen (secondary N) is 1. The summed E-state index contributed by atoms with van der Waals surface area (Å²) < 4.78 is 5.60. The molecule has 3 heteroatoms. The van der Waals surface area contributed by atoms with Crippen LogP contribution in [-0.2, 0) is 6.54 Å². The van der Waals surface area contributed by atoms with Gasteiger partial charge in [-0.05, 0) is 38.0 Å². The van der Waals surface area contributed by atoms with E-state index in [1.807, 2.05) is 39.0 Å². The topological polar surface area (TPSA) is 41.5 Å². The molecule has 0 spiro atoms. The lowest BCUT2D eigenvalue weighted by Gasteiger charge is -2.13. The first-order valence-electron chi connectivity index (χ1n) is 4.76. The molecular formula is C11H17NO2. The summed E-state index contributed by atoms with van der Waals surface area (Å²) in [5, 5.41) is 8.54. The SMILES string of the molecule is Cc1cc(CNO)ccc1OC(C)C. The minimum absolute atomic E-state index is 0.190. The van der Waals surface area contributed by atoms with Gasteiger partial charge in [-0.25, -0.2) is 5.48 Å². The molecule has 0 unspecified atom stereocenters. The van der Waals surface area contributed by atoms with Crippen LogP contribution in [-0.4, -0.2) is 11.3 Å². The van der Waals surface area contributed by atoms with E-state index in [1.54, 1.807) is 0 Å². The van der Waals surface area contributed by atoms with Gasteiger partial charge in [0, 0.05) is 6.54 Å². The predicted molar refractivity (Wildman–Crippen MR) is 55.6 cm³/mol. The standard InChI is InChI=1S/C11H17NO2/c1-8(2)14-11-5-4-10(7-12-13)6-9(11)3/h4-6,8,12-13H,7H2,1-3H3. The molecule has 0 atom stereocenters. The average molecular weight is 195 g/mol. The Morgan fingerprint density at radius 2 is 2.14 bits per heavy atom. The maximum atomic E-state index is 8.54. The highest BCUT2D eigenvalue weighted by atomic mass is 16.5. The van der Waals surface area contributed by atoms with Gasteiger partial charge in [0.05, 0.1) is 6.10 Å². The van der Waals surface area contributed by atoms with Crippen molar-refractivity contribution in [2.24, 2.45) is 0 Å². The number of benzene rings is 1. The van der Waals surface area contributed by atoms with E-state index in [-0.39, 0.29) is 6.10 Å². The molecule has 14 heavy (non-hydrogen) atoms. The van der Waals surface area contributed by atoms with E-state index in [2.05, 4.69) is 5.48 Å². The first-order chi connectivity index (χ1) is 6.63. The van der Waals surface area contributed by atoms with Crippen LogP contribution in [0, 0.1) is 6.92 Å². The van der Waals surface area contributed by atoms with Crippen LogP contribution in [0.3, 0.4) is 0 Å². The lowest BCUT2D eigenvalue weighted by atomic mass is 10.1. The predicted octanol–water partition coefficient (Wildman–Crippen LogP) is 2.26. The third kappa shape index (κ3) is 3.01. The molecule has 0 aliphatic rings. The van der Waals surface area contributed by atoms with Crippen molar-refractivity contribution in [2.75, 3.05) is 0 Å². The molecule has 2 N–H and O–H groups in total. The quantitative estimate of drug-likeness (QED) is 0.724. The molecule has 0 radical (unpaired) electrons. The third-order valence-corrected chi connectivity index (χ3v) is 1.89. The number of hydrogen-bond donors (Lipinski definition) is 2. The highest BCUT2D eigenvalue weighted by Crippen LogP contribution is 2.20. The van der Waals surface area contributed by atoms with Gasteiger partial charge in [-0.2, -0.15) is 0 Å². The third-order valence-electron chi connectivity index (χ3n) is 1.89. The van der Waals surface area contributed by atoms with E-state index in [9.17, 15) is 0 Å². The van der Waals surface area contributed by atoms with Gasteiger partial charge in [0.15, 0.2) is 0 Å². The van der Waals surface area contributed by atoms with Crippen molar-refractivity contribution in [1.29, 1.82) is 0 Å². The van der Waals surface area contributed by atoms with Crippen LogP contribution in [0.1, 0.15) is 25.0 Å². The summed E-state index contributed by atoms with van der Waals surface area (Å²) in [5.41, 5.74) is 4.26. The molecule has 78 valence electrons.